The van der Waals surface area contributed by atoms with Crippen molar-refractivity contribution in [2.45, 2.75) is 20.3 Å². The highest BCUT2D eigenvalue weighted by Crippen LogP contribution is 2.19. The number of nitrogens with one attached hydrogen (secondary N) is 3. The Hall–Kier alpha value is -2.39. The van der Waals surface area contributed by atoms with Gasteiger partial charge in [0.05, 0.1) is 5.75 Å². The van der Waals surface area contributed by atoms with Crippen LogP contribution in [-0.4, -0.2) is 43.0 Å². The van der Waals surface area contributed by atoms with Crippen LogP contribution in [0.15, 0.2) is 24.3 Å². The summed E-state index contributed by atoms with van der Waals surface area (Å²) in [5, 5.41) is 8.92. The third-order valence-electron chi connectivity index (χ3n) is 3.49. The molecule has 0 atom stereocenters. The monoisotopic (exact) mass is 411 g/mol. The van der Waals surface area contributed by atoms with Crippen molar-refractivity contribution in [1.29, 1.82) is 0 Å². The lowest BCUT2D eigenvalue weighted by molar-refractivity contribution is 0.262. The van der Waals surface area contributed by atoms with E-state index in [1.807, 2.05) is 6.92 Å². The van der Waals surface area contributed by atoms with Gasteiger partial charge >= 0.3 is 6.03 Å². The molecule has 0 unspecified atom stereocenters. The molecule has 2 aromatic rings. The maximum Gasteiger partial charge on any atom is 0.326 e. The summed E-state index contributed by atoms with van der Waals surface area (Å²) in [5.41, 5.74) is 2.11. The van der Waals surface area contributed by atoms with Gasteiger partial charge in [0.1, 0.15) is 15.7 Å². The van der Waals surface area contributed by atoms with E-state index in [9.17, 15) is 13.2 Å². The number of amides is 2. The Balaban J connectivity index is 1.96. The lowest BCUT2D eigenvalue weighted by Gasteiger charge is -2.10. The highest BCUT2D eigenvalue weighted by atomic mass is 35.5. The first-order valence-corrected chi connectivity index (χ1v) is 10.7. The zero-order chi connectivity index (χ0) is 20.0. The molecule has 0 bridgehead atoms. The van der Waals surface area contributed by atoms with Gasteiger partial charge in [-0.1, -0.05) is 11.6 Å². The molecule has 0 aliphatic rings. The Morgan fingerprint density at radius 2 is 1.89 bits per heavy atom. The predicted molar refractivity (Wildman–Crippen MR) is 108 cm³/mol. The highest BCUT2D eigenvalue weighted by molar-refractivity contribution is 7.90. The van der Waals surface area contributed by atoms with Gasteiger partial charge < -0.3 is 10.6 Å². The van der Waals surface area contributed by atoms with Gasteiger partial charge in [0.25, 0.3) is 0 Å². The number of halogens is 1. The molecule has 0 aliphatic carbocycles. The van der Waals surface area contributed by atoms with Gasteiger partial charge in [-0.15, -0.1) is 0 Å². The zero-order valence-electron chi connectivity index (χ0n) is 15.3. The van der Waals surface area contributed by atoms with E-state index in [0.29, 0.717) is 35.2 Å². The normalized spacial score (nSPS) is 11.1. The van der Waals surface area contributed by atoms with Crippen LogP contribution < -0.4 is 16.0 Å². The summed E-state index contributed by atoms with van der Waals surface area (Å²) in [6.45, 7) is 4.06. The molecule has 10 heteroatoms. The molecule has 0 saturated heterocycles. The molecular formula is C17H22ClN5O3S. The molecule has 8 nitrogen and oxygen atoms in total. The Kier molecular flexibility index (Phi) is 6.98. The fraction of sp³-hybridized carbons (Fsp3) is 0.353. The number of hydrogen-bond donors (Lipinski definition) is 3. The molecule has 3 N–H and O–H groups in total. The van der Waals surface area contributed by atoms with Crippen LogP contribution in [-0.2, 0) is 9.84 Å². The first-order chi connectivity index (χ1) is 12.6. The minimum atomic E-state index is -2.99. The first kappa shape index (κ1) is 20.9. The molecule has 0 spiro atoms. The summed E-state index contributed by atoms with van der Waals surface area (Å²) in [6.07, 6.45) is 1.66. The van der Waals surface area contributed by atoms with Crippen LogP contribution >= 0.6 is 11.6 Å². The summed E-state index contributed by atoms with van der Waals surface area (Å²) >= 11 is 5.97. The first-order valence-electron chi connectivity index (χ1n) is 8.24. The molecule has 0 fully saturated rings. The van der Waals surface area contributed by atoms with E-state index < -0.39 is 15.9 Å². The lowest BCUT2D eigenvalue weighted by Crippen LogP contribution is -2.21. The molecule has 146 valence electrons. The molecule has 1 aromatic carbocycles. The van der Waals surface area contributed by atoms with E-state index in [4.69, 9.17) is 11.6 Å². The smallest absolute Gasteiger partial charge is 0.326 e. The van der Waals surface area contributed by atoms with Gasteiger partial charge in [0.15, 0.2) is 0 Å². The second-order valence-corrected chi connectivity index (χ2v) is 8.84. The molecular weight excluding hydrogens is 390 g/mol. The Morgan fingerprint density at radius 1 is 1.15 bits per heavy atom. The number of sulfone groups is 1. The molecule has 27 heavy (non-hydrogen) atoms. The zero-order valence-corrected chi connectivity index (χ0v) is 16.9. The van der Waals surface area contributed by atoms with Crippen LogP contribution in [0.5, 0.6) is 0 Å². The largest absolute Gasteiger partial charge is 0.370 e. The van der Waals surface area contributed by atoms with E-state index in [1.54, 1.807) is 31.2 Å². The Morgan fingerprint density at radius 3 is 2.56 bits per heavy atom. The molecule has 2 amide bonds. The summed E-state index contributed by atoms with van der Waals surface area (Å²) in [6, 6.07) is 6.39. The van der Waals surface area contributed by atoms with Gasteiger partial charge in [-0.2, -0.15) is 4.98 Å². The second-order valence-electron chi connectivity index (χ2n) is 6.17. The second kappa shape index (κ2) is 9.01. The van der Waals surface area contributed by atoms with Crippen LogP contribution in [0.2, 0.25) is 5.02 Å². The van der Waals surface area contributed by atoms with Crippen molar-refractivity contribution < 1.29 is 13.2 Å². The van der Waals surface area contributed by atoms with Crippen LogP contribution in [0, 0.1) is 13.8 Å². The number of nitrogens with zero attached hydrogens (tertiary/aromatic N) is 2. The maximum absolute atomic E-state index is 12.1. The van der Waals surface area contributed by atoms with E-state index in [2.05, 4.69) is 25.9 Å². The van der Waals surface area contributed by atoms with Gasteiger partial charge in [0.2, 0.25) is 5.95 Å². The van der Waals surface area contributed by atoms with Gasteiger partial charge in [0, 0.05) is 35.3 Å². The predicted octanol–water partition coefficient (Wildman–Crippen LogP) is 3.24. The average Bonchev–Trinajstić information content (AvgIpc) is 2.53. The topological polar surface area (TPSA) is 113 Å². The molecule has 0 saturated carbocycles. The van der Waals surface area contributed by atoms with Crippen LogP contribution in [0.25, 0.3) is 0 Å². The Labute approximate surface area is 163 Å². The van der Waals surface area contributed by atoms with Crippen molar-refractivity contribution in [3.05, 3.63) is 40.5 Å². The molecule has 1 heterocycles. The number of aromatic nitrogens is 2. The maximum atomic E-state index is 12.1. The number of carbonyl (C=O) groups is 1. The molecule has 0 aliphatic heterocycles. The lowest BCUT2D eigenvalue weighted by atomic mass is 10.2. The fourth-order valence-corrected chi connectivity index (χ4v) is 3.04. The average molecular weight is 412 g/mol. The van der Waals surface area contributed by atoms with Gasteiger partial charge in [-0.05, 0) is 44.0 Å². The van der Waals surface area contributed by atoms with E-state index in [1.165, 1.54) is 6.26 Å². The number of rotatable bonds is 7. The number of hydrogen-bond acceptors (Lipinski definition) is 6. The van der Waals surface area contributed by atoms with Crippen molar-refractivity contribution in [1.82, 2.24) is 9.97 Å². The van der Waals surface area contributed by atoms with E-state index in [-0.39, 0.29) is 11.7 Å². The van der Waals surface area contributed by atoms with E-state index in [0.717, 1.165) is 5.56 Å². The number of carbonyl (C=O) groups excluding carboxylic acids is 1. The number of aryl methyl sites for hydroxylation is 2. The van der Waals surface area contributed by atoms with Gasteiger partial charge in [-0.3, -0.25) is 5.32 Å². The van der Waals surface area contributed by atoms with Crippen molar-refractivity contribution in [3.63, 3.8) is 0 Å². The van der Waals surface area contributed by atoms with Crippen molar-refractivity contribution in [2.75, 3.05) is 34.5 Å². The van der Waals surface area contributed by atoms with Crippen LogP contribution in [0.3, 0.4) is 0 Å². The highest BCUT2D eigenvalue weighted by Gasteiger charge is 2.08. The SMILES string of the molecule is Cc1cc(NCCCS(C)(=O)=O)nc(NC(=O)Nc2ccc(Cl)c(C)c2)n1. The fourth-order valence-electron chi connectivity index (χ4n) is 2.25. The Bertz CT molecular complexity index is 934. The summed E-state index contributed by atoms with van der Waals surface area (Å²) < 4.78 is 22.3. The molecule has 2 rings (SSSR count). The van der Waals surface area contributed by atoms with Gasteiger partial charge in [-0.25, -0.2) is 18.2 Å². The summed E-state index contributed by atoms with van der Waals surface area (Å²) in [7, 11) is -2.99. The quantitative estimate of drug-likeness (QED) is 0.603. The standard InChI is InChI=1S/C17H22ClN5O3S/c1-11-9-13(5-6-14(11)18)21-17(24)23-16-20-12(2)10-15(22-16)19-7-4-8-27(3,25)26/h5-6,9-10H,4,7-8H2,1-3H3,(H3,19,20,21,22,23,24). The van der Waals surface area contributed by atoms with Crippen LogP contribution in [0.1, 0.15) is 17.7 Å². The number of anilines is 3. The number of urea groups is 1. The van der Waals surface area contributed by atoms with Crippen molar-refractivity contribution in [2.24, 2.45) is 0 Å². The molecule has 1 aromatic heterocycles. The minimum absolute atomic E-state index is 0.0953. The summed E-state index contributed by atoms with van der Waals surface area (Å²) in [4.78, 5) is 20.5. The minimum Gasteiger partial charge on any atom is -0.370 e. The third-order valence-corrected chi connectivity index (χ3v) is 4.95. The number of benzene rings is 1. The van der Waals surface area contributed by atoms with E-state index >= 15 is 0 Å². The van der Waals surface area contributed by atoms with Crippen LogP contribution in [0.4, 0.5) is 22.2 Å². The van der Waals surface area contributed by atoms with Crippen molar-refractivity contribution in [3.8, 4) is 0 Å². The van der Waals surface area contributed by atoms with Crippen molar-refractivity contribution >= 4 is 44.9 Å². The third kappa shape index (κ3) is 7.40. The molecule has 0 radical (unpaired) electrons. The summed E-state index contributed by atoms with van der Waals surface area (Å²) in [5.74, 6) is 0.746.